The van der Waals surface area contributed by atoms with Crippen LogP contribution in [0.25, 0.3) is 43.1 Å². The van der Waals surface area contributed by atoms with Crippen LogP contribution in [0.1, 0.15) is 155 Å². The van der Waals surface area contributed by atoms with Gasteiger partial charge in [-0.2, -0.15) is 0 Å². The zero-order valence-electron chi connectivity index (χ0n) is 30.6. The van der Waals surface area contributed by atoms with Crippen molar-refractivity contribution in [2.45, 2.75) is 155 Å². The largest absolute Gasteiger partial charge is 0.283 e. The molecule has 5 rings (SSSR count). The zero-order chi connectivity index (χ0) is 33.2. The summed E-state index contributed by atoms with van der Waals surface area (Å²) in [5, 5.41) is 12.9. The van der Waals surface area contributed by atoms with Crippen molar-refractivity contribution >= 4 is 43.1 Å². The van der Waals surface area contributed by atoms with E-state index in [1.165, 1.54) is 178 Å². The van der Waals surface area contributed by atoms with Crippen molar-refractivity contribution in [3.05, 3.63) is 71.4 Å². The molecule has 0 saturated heterocycles. The highest BCUT2D eigenvalue weighted by atomic mass is 14.8. The van der Waals surface area contributed by atoms with Crippen molar-refractivity contribution < 1.29 is 0 Å². The Bertz CT molecular complexity index is 1760. The SMILES string of the molecule is CCCCCCCCCCCCCN=c1cc2cccc3c4cccc5cccc(c(c1=NCCCCCCCCCCCCC)c23)c54. The maximum absolute atomic E-state index is 5.42. The minimum atomic E-state index is 0.885. The van der Waals surface area contributed by atoms with Gasteiger partial charge in [0, 0.05) is 18.5 Å². The molecule has 0 fully saturated rings. The first-order valence-electron chi connectivity index (χ1n) is 20.3. The molecule has 0 aliphatic carbocycles. The van der Waals surface area contributed by atoms with Gasteiger partial charge in [-0.05, 0) is 56.6 Å². The maximum atomic E-state index is 5.42. The highest BCUT2D eigenvalue weighted by molar-refractivity contribution is 6.32. The quantitative estimate of drug-likeness (QED) is 0.0363. The van der Waals surface area contributed by atoms with Crippen molar-refractivity contribution in [2.75, 3.05) is 13.1 Å². The topological polar surface area (TPSA) is 24.7 Å². The van der Waals surface area contributed by atoms with E-state index in [-0.39, 0.29) is 0 Å². The van der Waals surface area contributed by atoms with E-state index >= 15 is 0 Å². The molecule has 0 aliphatic rings. The molecule has 0 spiro atoms. The van der Waals surface area contributed by atoms with Gasteiger partial charge in [-0.15, -0.1) is 0 Å². The summed E-state index contributed by atoms with van der Waals surface area (Å²) in [5.74, 6) is 0. The van der Waals surface area contributed by atoms with Crippen LogP contribution in [0.15, 0.2) is 70.6 Å². The van der Waals surface area contributed by atoms with Crippen LogP contribution in [0, 0.1) is 0 Å². The molecule has 0 unspecified atom stereocenters. The van der Waals surface area contributed by atoms with Gasteiger partial charge < -0.3 is 0 Å². The van der Waals surface area contributed by atoms with Gasteiger partial charge in [0.1, 0.15) is 0 Å². The molecule has 258 valence electrons. The molecule has 2 heteroatoms. The first-order valence-corrected chi connectivity index (χ1v) is 20.3. The molecule has 0 atom stereocenters. The molecule has 0 bridgehead atoms. The fraction of sp³-hybridized carbons (Fsp3) is 0.565. The van der Waals surface area contributed by atoms with Gasteiger partial charge in [-0.1, -0.05) is 197 Å². The van der Waals surface area contributed by atoms with Crippen LogP contribution >= 0.6 is 0 Å². The summed E-state index contributed by atoms with van der Waals surface area (Å²) >= 11 is 0. The van der Waals surface area contributed by atoms with E-state index in [1.807, 2.05) is 0 Å². The molecular formula is C46H64N2. The van der Waals surface area contributed by atoms with Gasteiger partial charge in [0.15, 0.2) is 0 Å². The third-order valence-electron chi connectivity index (χ3n) is 10.7. The van der Waals surface area contributed by atoms with E-state index in [1.54, 1.807) is 0 Å². The molecule has 48 heavy (non-hydrogen) atoms. The second-order valence-corrected chi connectivity index (χ2v) is 14.6. The van der Waals surface area contributed by atoms with E-state index in [0.717, 1.165) is 30.2 Å². The van der Waals surface area contributed by atoms with Gasteiger partial charge in [-0.25, -0.2) is 0 Å². The van der Waals surface area contributed by atoms with Gasteiger partial charge in [0.05, 0.1) is 10.7 Å². The number of rotatable bonds is 24. The van der Waals surface area contributed by atoms with E-state index in [2.05, 4.69) is 74.5 Å². The van der Waals surface area contributed by atoms with Crippen molar-refractivity contribution in [1.29, 1.82) is 0 Å². The lowest BCUT2D eigenvalue weighted by Crippen LogP contribution is -2.27. The zero-order valence-corrected chi connectivity index (χ0v) is 30.6. The van der Waals surface area contributed by atoms with E-state index in [0.29, 0.717) is 0 Å². The van der Waals surface area contributed by atoms with Gasteiger partial charge in [-0.3, -0.25) is 9.98 Å². The second kappa shape index (κ2) is 20.5. The minimum Gasteiger partial charge on any atom is -0.283 e. The summed E-state index contributed by atoms with van der Waals surface area (Å²) in [5.41, 5.74) is 0. The fourth-order valence-corrected chi connectivity index (χ4v) is 7.92. The van der Waals surface area contributed by atoms with Gasteiger partial charge >= 0.3 is 0 Å². The van der Waals surface area contributed by atoms with Crippen molar-refractivity contribution in [3.63, 3.8) is 0 Å². The molecule has 0 amide bonds. The average molecular weight is 645 g/mol. The monoisotopic (exact) mass is 645 g/mol. The third kappa shape index (κ3) is 10.0. The molecule has 0 aliphatic heterocycles. The molecule has 0 aromatic heterocycles. The van der Waals surface area contributed by atoms with Crippen molar-refractivity contribution in [2.24, 2.45) is 9.98 Å². The first-order chi connectivity index (χ1) is 23.8. The highest BCUT2D eigenvalue weighted by Gasteiger charge is 2.15. The normalized spacial score (nSPS) is 13.0. The number of nitrogens with zero attached hydrogens (tertiary/aromatic N) is 2. The Morgan fingerprint density at radius 2 is 0.792 bits per heavy atom. The number of fused-ring (bicyclic) bond motifs is 2. The Hall–Kier alpha value is -3.00. The van der Waals surface area contributed by atoms with Crippen LogP contribution in [0.2, 0.25) is 0 Å². The summed E-state index contributed by atoms with van der Waals surface area (Å²) in [6, 6.07) is 22.7. The van der Waals surface area contributed by atoms with Crippen molar-refractivity contribution in [3.8, 4) is 0 Å². The molecule has 5 aromatic carbocycles. The Kier molecular flexibility index (Phi) is 15.5. The number of hydrogen-bond donors (Lipinski definition) is 0. The van der Waals surface area contributed by atoms with Crippen LogP contribution in [-0.4, -0.2) is 13.1 Å². The van der Waals surface area contributed by atoms with Crippen LogP contribution < -0.4 is 10.7 Å². The summed E-state index contributed by atoms with van der Waals surface area (Å²) in [7, 11) is 0. The van der Waals surface area contributed by atoms with E-state index in [9.17, 15) is 0 Å². The highest BCUT2D eigenvalue weighted by Crippen LogP contribution is 2.38. The van der Waals surface area contributed by atoms with E-state index in [4.69, 9.17) is 9.98 Å². The Morgan fingerprint density at radius 1 is 0.375 bits per heavy atom. The number of hydrogen-bond acceptors (Lipinski definition) is 2. The summed E-state index contributed by atoms with van der Waals surface area (Å²) in [6.45, 7) is 6.38. The molecule has 0 saturated carbocycles. The Morgan fingerprint density at radius 3 is 1.31 bits per heavy atom. The summed E-state index contributed by atoms with van der Waals surface area (Å²) in [6.07, 6.45) is 29.9. The average Bonchev–Trinajstić information content (AvgIpc) is 3.11. The predicted molar refractivity (Wildman–Crippen MR) is 213 cm³/mol. The predicted octanol–water partition coefficient (Wildman–Crippen LogP) is 13.6. The molecule has 5 aromatic rings. The van der Waals surface area contributed by atoms with Gasteiger partial charge in [0.2, 0.25) is 0 Å². The molecular weight excluding hydrogens is 581 g/mol. The first kappa shape index (κ1) is 36.3. The lowest BCUT2D eigenvalue weighted by atomic mass is 9.89. The second-order valence-electron chi connectivity index (χ2n) is 14.6. The van der Waals surface area contributed by atoms with Gasteiger partial charge in [0.25, 0.3) is 0 Å². The van der Waals surface area contributed by atoms with Crippen LogP contribution in [-0.2, 0) is 0 Å². The molecule has 2 nitrogen and oxygen atoms in total. The Balaban J connectivity index is 1.30. The van der Waals surface area contributed by atoms with Crippen LogP contribution in [0.4, 0.5) is 0 Å². The van der Waals surface area contributed by atoms with Crippen LogP contribution in [0.5, 0.6) is 0 Å². The fourth-order valence-electron chi connectivity index (χ4n) is 7.92. The Labute approximate surface area is 291 Å². The third-order valence-corrected chi connectivity index (χ3v) is 10.7. The van der Waals surface area contributed by atoms with Crippen LogP contribution in [0.3, 0.4) is 0 Å². The lowest BCUT2D eigenvalue weighted by molar-refractivity contribution is 0.550. The standard InChI is InChI=1S/C46H64N2/c1-3-5-7-9-11-13-15-17-19-21-23-34-47-42-36-38-30-27-32-40-39-31-25-28-37-29-26-33-41(43(37)39)45(44(38)40)46(42)48-35-24-22-20-18-16-14-12-10-8-6-4-2/h25-33,36H,3-24,34-35H2,1-2H3. The maximum Gasteiger partial charge on any atom is 0.0911 e. The van der Waals surface area contributed by atoms with Crippen molar-refractivity contribution in [1.82, 2.24) is 0 Å². The summed E-state index contributed by atoms with van der Waals surface area (Å²) < 4.78 is 0. The summed E-state index contributed by atoms with van der Waals surface area (Å²) in [4.78, 5) is 10.7. The smallest absolute Gasteiger partial charge is 0.0911 e. The lowest BCUT2D eigenvalue weighted by Gasteiger charge is -2.15. The molecule has 0 N–H and O–H groups in total. The number of unbranched alkanes of at least 4 members (excludes halogenated alkanes) is 20. The minimum absolute atomic E-state index is 0.885. The molecule has 0 heterocycles. The van der Waals surface area contributed by atoms with E-state index < -0.39 is 0 Å². The number of benzene rings is 5. The molecule has 0 radical (unpaired) electrons.